The summed E-state index contributed by atoms with van der Waals surface area (Å²) >= 11 is 0. The van der Waals surface area contributed by atoms with Crippen molar-refractivity contribution in [1.82, 2.24) is 24.5 Å². The maximum absolute atomic E-state index is 12.1. The lowest BCUT2D eigenvalue weighted by Crippen LogP contribution is -2.41. The molecule has 0 aliphatic carbocycles. The molecule has 1 amide bonds. The first-order valence-corrected chi connectivity index (χ1v) is 7.57. The molecule has 0 aromatic carbocycles. The lowest BCUT2D eigenvalue weighted by Gasteiger charge is -2.26. The molecule has 0 bridgehead atoms. The Hall–Kier alpha value is -2.22. The number of hydrogen-bond acceptors (Lipinski definition) is 6. The number of morpholine rings is 1. The van der Waals surface area contributed by atoms with E-state index in [2.05, 4.69) is 20.4 Å². The molecule has 1 saturated heterocycles. The number of nitrogens with one attached hydrogen (secondary N) is 1. The molecule has 0 unspecified atom stereocenters. The molecule has 22 heavy (non-hydrogen) atoms. The van der Waals surface area contributed by atoms with Crippen LogP contribution in [0.2, 0.25) is 0 Å². The van der Waals surface area contributed by atoms with Gasteiger partial charge < -0.3 is 15.0 Å². The minimum Gasteiger partial charge on any atom is -0.378 e. The summed E-state index contributed by atoms with van der Waals surface area (Å²) in [4.78, 5) is 22.5. The third-order valence-electron chi connectivity index (χ3n) is 3.68. The molecular weight excluding hydrogens is 284 g/mol. The summed E-state index contributed by atoms with van der Waals surface area (Å²) in [5, 5.41) is 7.41. The van der Waals surface area contributed by atoms with E-state index < -0.39 is 0 Å². The van der Waals surface area contributed by atoms with E-state index >= 15 is 0 Å². The summed E-state index contributed by atoms with van der Waals surface area (Å²) in [7, 11) is 0. The van der Waals surface area contributed by atoms with Gasteiger partial charge >= 0.3 is 0 Å². The van der Waals surface area contributed by atoms with Crippen LogP contribution in [0.5, 0.6) is 0 Å². The van der Waals surface area contributed by atoms with Crippen LogP contribution in [-0.2, 0) is 16.0 Å². The van der Waals surface area contributed by atoms with Gasteiger partial charge in [-0.05, 0) is 6.42 Å². The summed E-state index contributed by atoms with van der Waals surface area (Å²) in [6, 6.07) is 1.95. The van der Waals surface area contributed by atoms with Crippen molar-refractivity contribution in [2.24, 2.45) is 0 Å². The number of fused-ring (bicyclic) bond motifs is 1. The average molecular weight is 304 g/mol. The number of amides is 1. The van der Waals surface area contributed by atoms with Crippen LogP contribution in [0.4, 0.5) is 5.82 Å². The standard InChI is InChI=1S/C14H20N6O2/c1-2-11-9-12(20-14(18-11)16-10-17-20)15-4-3-13(21)19-5-7-22-8-6-19/h9-10,15H,2-8H2,1H3. The van der Waals surface area contributed by atoms with Crippen molar-refractivity contribution >= 4 is 17.5 Å². The van der Waals surface area contributed by atoms with Gasteiger partial charge in [-0.15, -0.1) is 0 Å². The molecular formula is C14H20N6O2. The molecule has 0 atom stereocenters. The molecule has 2 aromatic heterocycles. The zero-order valence-corrected chi connectivity index (χ0v) is 12.7. The minimum absolute atomic E-state index is 0.149. The van der Waals surface area contributed by atoms with Gasteiger partial charge in [0.2, 0.25) is 5.91 Å². The predicted molar refractivity (Wildman–Crippen MR) is 80.7 cm³/mol. The Kier molecular flexibility index (Phi) is 4.47. The van der Waals surface area contributed by atoms with Crippen molar-refractivity contribution < 1.29 is 9.53 Å². The zero-order chi connectivity index (χ0) is 15.4. The van der Waals surface area contributed by atoms with E-state index in [0.717, 1.165) is 17.9 Å². The van der Waals surface area contributed by atoms with Gasteiger partial charge in [-0.1, -0.05) is 6.92 Å². The van der Waals surface area contributed by atoms with Crippen molar-refractivity contribution in [3.05, 3.63) is 18.1 Å². The fourth-order valence-corrected chi connectivity index (χ4v) is 2.44. The van der Waals surface area contributed by atoms with Crippen LogP contribution in [0.3, 0.4) is 0 Å². The fourth-order valence-electron chi connectivity index (χ4n) is 2.44. The van der Waals surface area contributed by atoms with Gasteiger partial charge in [0.05, 0.1) is 13.2 Å². The number of aromatic nitrogens is 4. The monoisotopic (exact) mass is 304 g/mol. The number of rotatable bonds is 5. The number of nitrogens with zero attached hydrogens (tertiary/aromatic N) is 5. The summed E-state index contributed by atoms with van der Waals surface area (Å²) in [6.45, 7) is 5.22. The zero-order valence-electron chi connectivity index (χ0n) is 12.7. The molecule has 1 aliphatic heterocycles. The summed E-state index contributed by atoms with van der Waals surface area (Å²) in [6.07, 6.45) is 2.75. The Morgan fingerprint density at radius 2 is 2.23 bits per heavy atom. The number of aryl methyl sites for hydroxylation is 1. The summed E-state index contributed by atoms with van der Waals surface area (Å²) in [5.74, 6) is 1.53. The highest BCUT2D eigenvalue weighted by Crippen LogP contribution is 2.11. The average Bonchev–Trinajstić information content (AvgIpc) is 3.04. The Morgan fingerprint density at radius 1 is 1.41 bits per heavy atom. The molecule has 3 rings (SSSR count). The number of ether oxygens (including phenoxy) is 1. The lowest BCUT2D eigenvalue weighted by atomic mass is 10.3. The van der Waals surface area contributed by atoms with E-state index in [4.69, 9.17) is 4.74 Å². The van der Waals surface area contributed by atoms with Gasteiger partial charge in [0.25, 0.3) is 5.78 Å². The fraction of sp³-hybridized carbons (Fsp3) is 0.571. The topological polar surface area (TPSA) is 84.7 Å². The van der Waals surface area contributed by atoms with Gasteiger partial charge in [-0.3, -0.25) is 4.79 Å². The van der Waals surface area contributed by atoms with Crippen LogP contribution in [0.1, 0.15) is 19.0 Å². The highest BCUT2D eigenvalue weighted by molar-refractivity contribution is 5.76. The molecule has 8 nitrogen and oxygen atoms in total. The maximum atomic E-state index is 12.1. The maximum Gasteiger partial charge on any atom is 0.254 e. The van der Waals surface area contributed by atoms with Crippen LogP contribution in [0.15, 0.2) is 12.4 Å². The largest absolute Gasteiger partial charge is 0.378 e. The highest BCUT2D eigenvalue weighted by Gasteiger charge is 2.16. The first kappa shape index (κ1) is 14.7. The lowest BCUT2D eigenvalue weighted by molar-refractivity contribution is -0.134. The normalized spacial score (nSPS) is 15.2. The Labute approximate surface area is 128 Å². The van der Waals surface area contributed by atoms with E-state index in [1.165, 1.54) is 6.33 Å². The molecule has 118 valence electrons. The Balaban J connectivity index is 1.61. The second-order valence-corrected chi connectivity index (χ2v) is 5.13. The summed E-state index contributed by atoms with van der Waals surface area (Å²) < 4.78 is 6.90. The van der Waals surface area contributed by atoms with Gasteiger partial charge in [-0.25, -0.2) is 4.98 Å². The van der Waals surface area contributed by atoms with Crippen molar-refractivity contribution in [3.63, 3.8) is 0 Å². The summed E-state index contributed by atoms with van der Waals surface area (Å²) in [5.41, 5.74) is 0.947. The van der Waals surface area contributed by atoms with Crippen molar-refractivity contribution in [1.29, 1.82) is 0 Å². The molecule has 0 spiro atoms. The number of hydrogen-bond donors (Lipinski definition) is 1. The number of anilines is 1. The molecule has 1 aliphatic rings. The first-order valence-electron chi connectivity index (χ1n) is 7.57. The van der Waals surface area contributed by atoms with Crippen molar-refractivity contribution in [2.75, 3.05) is 38.2 Å². The first-order chi connectivity index (χ1) is 10.8. The van der Waals surface area contributed by atoms with E-state index in [0.29, 0.717) is 45.0 Å². The van der Waals surface area contributed by atoms with E-state index in [-0.39, 0.29) is 5.91 Å². The van der Waals surface area contributed by atoms with Crippen LogP contribution < -0.4 is 5.32 Å². The van der Waals surface area contributed by atoms with Crippen LogP contribution in [-0.4, -0.2) is 63.2 Å². The third-order valence-corrected chi connectivity index (χ3v) is 3.68. The second kappa shape index (κ2) is 6.69. The Morgan fingerprint density at radius 3 is 3.00 bits per heavy atom. The second-order valence-electron chi connectivity index (χ2n) is 5.13. The SMILES string of the molecule is CCc1cc(NCCC(=O)N2CCOCC2)n2ncnc2n1. The van der Waals surface area contributed by atoms with E-state index in [1.54, 1.807) is 4.52 Å². The van der Waals surface area contributed by atoms with Crippen LogP contribution in [0, 0.1) is 0 Å². The molecule has 3 heterocycles. The van der Waals surface area contributed by atoms with Gasteiger partial charge in [0.15, 0.2) is 0 Å². The molecule has 0 saturated carbocycles. The third kappa shape index (κ3) is 3.16. The van der Waals surface area contributed by atoms with Gasteiger partial charge in [-0.2, -0.15) is 14.6 Å². The smallest absolute Gasteiger partial charge is 0.254 e. The van der Waals surface area contributed by atoms with E-state index in [9.17, 15) is 4.79 Å². The molecule has 1 fully saturated rings. The van der Waals surface area contributed by atoms with E-state index in [1.807, 2.05) is 17.9 Å². The number of carbonyl (C=O) groups excluding carboxylic acids is 1. The van der Waals surface area contributed by atoms with Crippen LogP contribution in [0.25, 0.3) is 5.78 Å². The van der Waals surface area contributed by atoms with Gasteiger partial charge in [0, 0.05) is 37.8 Å². The Bertz CT molecular complexity index is 650. The van der Waals surface area contributed by atoms with Crippen molar-refractivity contribution in [2.45, 2.75) is 19.8 Å². The predicted octanol–water partition coefficient (Wildman–Crippen LogP) is 0.347. The molecule has 2 aromatic rings. The highest BCUT2D eigenvalue weighted by atomic mass is 16.5. The van der Waals surface area contributed by atoms with Gasteiger partial charge in [0.1, 0.15) is 12.1 Å². The number of carbonyl (C=O) groups is 1. The quantitative estimate of drug-likeness (QED) is 0.858. The molecule has 0 radical (unpaired) electrons. The molecule has 1 N–H and O–H groups in total. The molecule has 8 heteroatoms. The van der Waals surface area contributed by atoms with Crippen molar-refractivity contribution in [3.8, 4) is 0 Å². The van der Waals surface area contributed by atoms with Crippen LogP contribution >= 0.6 is 0 Å². The minimum atomic E-state index is 0.149.